The van der Waals surface area contributed by atoms with Gasteiger partial charge in [0.2, 0.25) is 0 Å². The molecule has 1 spiro atoms. The fourth-order valence-corrected chi connectivity index (χ4v) is 8.61. The van der Waals surface area contributed by atoms with Crippen molar-refractivity contribution < 1.29 is 0 Å². The molecule has 2 atom stereocenters. The van der Waals surface area contributed by atoms with Crippen molar-refractivity contribution in [2.45, 2.75) is 49.1 Å². The van der Waals surface area contributed by atoms with E-state index in [0.29, 0.717) is 10.1 Å². The lowest BCUT2D eigenvalue weighted by atomic mass is 9.78. The highest BCUT2D eigenvalue weighted by Crippen LogP contribution is 2.62. The number of hydrogen-bond acceptors (Lipinski definition) is 3. The van der Waals surface area contributed by atoms with Gasteiger partial charge < -0.3 is 4.90 Å². The van der Waals surface area contributed by atoms with Crippen LogP contribution in [0.3, 0.4) is 0 Å². The maximum absolute atomic E-state index is 2.82. The van der Waals surface area contributed by atoms with Gasteiger partial charge in [0.25, 0.3) is 0 Å². The number of allylic oxidation sites excluding steroid dienone is 1. The van der Waals surface area contributed by atoms with Gasteiger partial charge in [-0.25, -0.2) is 0 Å². The zero-order valence-corrected chi connectivity index (χ0v) is 15.5. The molecular formula is C20H25NS2. The first-order chi connectivity index (χ1) is 11.3. The van der Waals surface area contributed by atoms with Crippen LogP contribution in [-0.2, 0) is 6.42 Å². The predicted octanol–water partition coefficient (Wildman–Crippen LogP) is 5.24. The third-order valence-electron chi connectivity index (χ3n) is 6.21. The van der Waals surface area contributed by atoms with Crippen LogP contribution in [-0.4, -0.2) is 27.0 Å². The third kappa shape index (κ3) is 2.22. The second-order valence-corrected chi connectivity index (χ2v) is 10.6. The van der Waals surface area contributed by atoms with Crippen molar-refractivity contribution in [2.24, 2.45) is 5.92 Å². The molecule has 0 amide bonds. The number of nitrogens with zero attached hydrogens (tertiary/aromatic N) is 1. The summed E-state index contributed by atoms with van der Waals surface area (Å²) in [6, 6.07) is 9.86. The van der Waals surface area contributed by atoms with Gasteiger partial charge in [0.05, 0.1) is 10.1 Å². The lowest BCUT2D eigenvalue weighted by Gasteiger charge is -2.52. The molecule has 1 fully saturated rings. The second-order valence-electron chi connectivity index (χ2n) is 7.59. The smallest absolute Gasteiger partial charge is 0.0863 e. The minimum Gasteiger partial charge on any atom is -0.367 e. The summed E-state index contributed by atoms with van der Waals surface area (Å²) in [5.41, 5.74) is 6.80. The van der Waals surface area contributed by atoms with E-state index in [1.54, 1.807) is 16.8 Å². The fraction of sp³-hybridized carbons (Fsp3) is 0.600. The van der Waals surface area contributed by atoms with Crippen LogP contribution in [0.5, 0.6) is 0 Å². The van der Waals surface area contributed by atoms with Gasteiger partial charge in [-0.05, 0) is 54.7 Å². The lowest BCUT2D eigenvalue weighted by molar-refractivity contribution is 0.182. The second kappa shape index (κ2) is 5.49. The Kier molecular flexibility index (Phi) is 3.52. The quantitative estimate of drug-likeness (QED) is 0.634. The molecule has 1 saturated heterocycles. The van der Waals surface area contributed by atoms with Crippen molar-refractivity contribution in [1.82, 2.24) is 4.90 Å². The van der Waals surface area contributed by atoms with Crippen LogP contribution in [0.1, 0.15) is 49.8 Å². The Morgan fingerprint density at radius 2 is 1.96 bits per heavy atom. The molecule has 0 aromatic heterocycles. The van der Waals surface area contributed by atoms with E-state index in [1.807, 2.05) is 5.57 Å². The zero-order chi connectivity index (χ0) is 15.4. The van der Waals surface area contributed by atoms with Gasteiger partial charge in [0.15, 0.2) is 0 Å². The van der Waals surface area contributed by atoms with Crippen molar-refractivity contribution >= 4 is 23.5 Å². The molecule has 3 heteroatoms. The van der Waals surface area contributed by atoms with Crippen LogP contribution in [0, 0.1) is 5.92 Å². The SMILES string of the molecule is CC1CCC2=C(C1)N1CCc3ccccc3C1CC21SCCS1. The Hall–Kier alpha value is -0.540. The number of rotatable bonds is 0. The standard InChI is InChI=1S/C20H25NS2/c1-14-6-7-17-18(12-14)21-9-8-15-4-2-3-5-16(15)19(21)13-20(17)22-10-11-23-20/h2-5,14,19H,6-13H2,1H3. The van der Waals surface area contributed by atoms with Crippen molar-refractivity contribution in [2.75, 3.05) is 18.1 Å². The summed E-state index contributed by atoms with van der Waals surface area (Å²) in [6.07, 6.45) is 6.62. The minimum atomic E-state index is 0.404. The molecule has 1 aliphatic carbocycles. The summed E-state index contributed by atoms with van der Waals surface area (Å²) in [5.74, 6) is 3.54. The molecule has 2 unspecified atom stereocenters. The fourth-order valence-electron chi connectivity index (χ4n) is 5.11. The molecule has 1 aromatic rings. The number of thioether (sulfide) groups is 2. The van der Waals surface area contributed by atoms with E-state index in [4.69, 9.17) is 0 Å². The van der Waals surface area contributed by atoms with E-state index in [0.717, 1.165) is 5.92 Å². The summed E-state index contributed by atoms with van der Waals surface area (Å²) in [6.45, 7) is 3.69. The molecule has 5 rings (SSSR count). The van der Waals surface area contributed by atoms with E-state index in [2.05, 4.69) is 59.6 Å². The van der Waals surface area contributed by atoms with Crippen LogP contribution < -0.4 is 0 Å². The lowest BCUT2D eigenvalue weighted by Crippen LogP contribution is -2.46. The highest BCUT2D eigenvalue weighted by Gasteiger charge is 2.50. The average molecular weight is 344 g/mol. The summed E-state index contributed by atoms with van der Waals surface area (Å²) in [4.78, 5) is 2.82. The zero-order valence-electron chi connectivity index (χ0n) is 13.9. The van der Waals surface area contributed by atoms with Gasteiger partial charge in [0, 0.05) is 23.7 Å². The molecule has 23 heavy (non-hydrogen) atoms. The Labute approximate surface area is 148 Å². The van der Waals surface area contributed by atoms with Crippen LogP contribution in [0.25, 0.3) is 0 Å². The summed E-state index contributed by atoms with van der Waals surface area (Å²) in [7, 11) is 0. The molecular weight excluding hydrogens is 318 g/mol. The minimum absolute atomic E-state index is 0.404. The van der Waals surface area contributed by atoms with Gasteiger partial charge in [0.1, 0.15) is 0 Å². The highest BCUT2D eigenvalue weighted by atomic mass is 32.2. The first-order valence-corrected chi connectivity index (χ1v) is 11.1. The van der Waals surface area contributed by atoms with Gasteiger partial charge in [-0.15, -0.1) is 23.5 Å². The summed E-state index contributed by atoms with van der Waals surface area (Å²) >= 11 is 4.52. The van der Waals surface area contributed by atoms with Gasteiger partial charge >= 0.3 is 0 Å². The number of hydrogen-bond donors (Lipinski definition) is 0. The monoisotopic (exact) mass is 343 g/mol. The third-order valence-corrected chi connectivity index (χ3v) is 9.75. The van der Waals surface area contributed by atoms with Crippen LogP contribution >= 0.6 is 23.5 Å². The molecule has 0 saturated carbocycles. The van der Waals surface area contributed by atoms with Crippen LogP contribution in [0.2, 0.25) is 0 Å². The first-order valence-electron chi connectivity index (χ1n) is 9.12. The molecule has 0 bridgehead atoms. The maximum Gasteiger partial charge on any atom is 0.0863 e. The molecule has 0 radical (unpaired) electrons. The van der Waals surface area contributed by atoms with Gasteiger partial charge in [-0.3, -0.25) is 0 Å². The largest absolute Gasteiger partial charge is 0.367 e. The molecule has 1 nitrogen and oxygen atoms in total. The molecule has 4 aliphatic rings. The van der Waals surface area contributed by atoms with Crippen molar-refractivity contribution in [3.05, 3.63) is 46.7 Å². The first kappa shape index (κ1) is 14.8. The van der Waals surface area contributed by atoms with Gasteiger partial charge in [-0.1, -0.05) is 31.2 Å². The number of fused-ring (bicyclic) bond motifs is 5. The molecule has 0 N–H and O–H groups in total. The maximum atomic E-state index is 2.82. The summed E-state index contributed by atoms with van der Waals surface area (Å²) < 4.78 is 0.404. The van der Waals surface area contributed by atoms with Crippen molar-refractivity contribution in [3.8, 4) is 0 Å². The van der Waals surface area contributed by atoms with Crippen LogP contribution in [0.15, 0.2) is 35.5 Å². The van der Waals surface area contributed by atoms with E-state index < -0.39 is 0 Å². The van der Waals surface area contributed by atoms with E-state index in [9.17, 15) is 0 Å². The van der Waals surface area contributed by atoms with Crippen molar-refractivity contribution in [3.63, 3.8) is 0 Å². The van der Waals surface area contributed by atoms with E-state index in [1.165, 1.54) is 50.2 Å². The van der Waals surface area contributed by atoms with Gasteiger partial charge in [-0.2, -0.15) is 0 Å². The molecule has 3 aliphatic heterocycles. The Bertz CT molecular complexity index is 659. The van der Waals surface area contributed by atoms with Crippen LogP contribution in [0.4, 0.5) is 0 Å². The Morgan fingerprint density at radius 3 is 2.83 bits per heavy atom. The van der Waals surface area contributed by atoms with E-state index >= 15 is 0 Å². The van der Waals surface area contributed by atoms with Crippen molar-refractivity contribution in [1.29, 1.82) is 0 Å². The summed E-state index contributed by atoms with van der Waals surface area (Å²) in [5, 5.41) is 0. The topological polar surface area (TPSA) is 3.24 Å². The average Bonchev–Trinajstić information content (AvgIpc) is 3.04. The highest BCUT2D eigenvalue weighted by molar-refractivity contribution is 8.21. The van der Waals surface area contributed by atoms with E-state index in [-0.39, 0.29) is 0 Å². The molecule has 1 aromatic carbocycles. The predicted molar refractivity (Wildman–Crippen MR) is 102 cm³/mol. The Balaban J connectivity index is 1.64. The Morgan fingerprint density at radius 1 is 1.13 bits per heavy atom. The number of benzene rings is 1. The molecule has 122 valence electrons. The normalized spacial score (nSPS) is 31.8. The molecule has 3 heterocycles.